The van der Waals surface area contributed by atoms with E-state index in [9.17, 15) is 8.42 Å². The Morgan fingerprint density at radius 1 is 1.14 bits per heavy atom. The first-order valence-electron chi connectivity index (χ1n) is 9.37. The molecule has 2 aromatic heterocycles. The summed E-state index contributed by atoms with van der Waals surface area (Å²) < 4.78 is 33.3. The molecule has 0 aliphatic carbocycles. The molecule has 1 aliphatic heterocycles. The fourth-order valence-corrected chi connectivity index (χ4v) is 5.95. The van der Waals surface area contributed by atoms with Gasteiger partial charge in [-0.1, -0.05) is 33.2 Å². The quantitative estimate of drug-likeness (QED) is 0.497. The van der Waals surface area contributed by atoms with Crippen LogP contribution in [0.15, 0.2) is 55.7 Å². The van der Waals surface area contributed by atoms with Crippen LogP contribution in [-0.2, 0) is 16.4 Å². The summed E-state index contributed by atoms with van der Waals surface area (Å²) in [4.78, 5) is 8.06. The van der Waals surface area contributed by atoms with E-state index in [4.69, 9.17) is 4.52 Å². The van der Waals surface area contributed by atoms with Crippen molar-refractivity contribution in [1.29, 1.82) is 0 Å². The maximum atomic E-state index is 12.8. The van der Waals surface area contributed by atoms with Crippen LogP contribution >= 0.6 is 27.3 Å². The molecule has 4 rings (SSSR count). The van der Waals surface area contributed by atoms with Gasteiger partial charge in [0.15, 0.2) is 0 Å². The number of rotatable bonds is 7. The molecule has 1 fully saturated rings. The Labute approximate surface area is 182 Å². The fourth-order valence-electron chi connectivity index (χ4n) is 3.29. The Balaban J connectivity index is 1.25. The standard InChI is InChI=1S/C19H21BrN4O3S2/c20-15-4-1-5-16(14-15)29(25,26)24-11-9-23(10-12-24)8-2-7-18-21-19(22-27-18)17-6-3-13-28-17/h1,3-6,13-14H,2,7-12H2. The molecule has 3 heterocycles. The van der Waals surface area contributed by atoms with E-state index >= 15 is 0 Å². The van der Waals surface area contributed by atoms with Gasteiger partial charge in [0.25, 0.3) is 0 Å². The van der Waals surface area contributed by atoms with E-state index in [1.54, 1.807) is 33.8 Å². The van der Waals surface area contributed by atoms with E-state index in [0.717, 1.165) is 41.8 Å². The molecule has 0 saturated carbocycles. The highest BCUT2D eigenvalue weighted by atomic mass is 79.9. The van der Waals surface area contributed by atoms with E-state index in [2.05, 4.69) is 31.0 Å². The third-order valence-electron chi connectivity index (χ3n) is 4.84. The Morgan fingerprint density at radius 3 is 2.69 bits per heavy atom. The predicted octanol–water partition coefficient (Wildman–Crippen LogP) is 3.50. The van der Waals surface area contributed by atoms with Gasteiger partial charge in [0, 0.05) is 37.1 Å². The van der Waals surface area contributed by atoms with Crippen molar-refractivity contribution in [3.8, 4) is 10.7 Å². The maximum Gasteiger partial charge on any atom is 0.243 e. The van der Waals surface area contributed by atoms with Crippen molar-refractivity contribution >= 4 is 37.3 Å². The number of benzene rings is 1. The van der Waals surface area contributed by atoms with Crippen LogP contribution in [0.2, 0.25) is 0 Å². The van der Waals surface area contributed by atoms with Crippen LogP contribution in [0.4, 0.5) is 0 Å². The average molecular weight is 497 g/mol. The lowest BCUT2D eigenvalue weighted by molar-refractivity contribution is 0.185. The normalized spacial score (nSPS) is 16.3. The van der Waals surface area contributed by atoms with Gasteiger partial charge in [-0.2, -0.15) is 9.29 Å². The Hall–Kier alpha value is -1.59. The van der Waals surface area contributed by atoms with Crippen LogP contribution in [-0.4, -0.2) is 60.5 Å². The molecule has 1 saturated heterocycles. The first-order valence-corrected chi connectivity index (χ1v) is 12.5. The minimum Gasteiger partial charge on any atom is -0.339 e. The topological polar surface area (TPSA) is 79.5 Å². The molecule has 0 radical (unpaired) electrons. The van der Waals surface area contributed by atoms with Gasteiger partial charge in [0.05, 0.1) is 9.77 Å². The second kappa shape index (κ2) is 9.05. The number of sulfonamides is 1. The van der Waals surface area contributed by atoms with Gasteiger partial charge in [-0.05, 0) is 42.6 Å². The van der Waals surface area contributed by atoms with Crippen molar-refractivity contribution < 1.29 is 12.9 Å². The van der Waals surface area contributed by atoms with Crippen LogP contribution in [0.25, 0.3) is 10.7 Å². The zero-order valence-corrected chi connectivity index (χ0v) is 18.9. The number of hydrogen-bond acceptors (Lipinski definition) is 7. The molecule has 7 nitrogen and oxygen atoms in total. The molecule has 0 unspecified atom stereocenters. The van der Waals surface area contributed by atoms with Crippen molar-refractivity contribution in [1.82, 2.24) is 19.3 Å². The lowest BCUT2D eigenvalue weighted by Gasteiger charge is -2.33. The van der Waals surface area contributed by atoms with E-state index in [-0.39, 0.29) is 0 Å². The van der Waals surface area contributed by atoms with Crippen molar-refractivity contribution in [3.63, 3.8) is 0 Å². The van der Waals surface area contributed by atoms with Crippen molar-refractivity contribution in [2.24, 2.45) is 0 Å². The van der Waals surface area contributed by atoms with Gasteiger partial charge in [0.1, 0.15) is 0 Å². The van der Waals surface area contributed by atoms with Crippen LogP contribution < -0.4 is 0 Å². The zero-order valence-electron chi connectivity index (χ0n) is 15.7. The van der Waals surface area contributed by atoms with Gasteiger partial charge < -0.3 is 9.42 Å². The highest BCUT2D eigenvalue weighted by Crippen LogP contribution is 2.22. The van der Waals surface area contributed by atoms with Crippen molar-refractivity contribution in [2.45, 2.75) is 17.7 Å². The van der Waals surface area contributed by atoms with Gasteiger partial charge in [-0.3, -0.25) is 0 Å². The minimum absolute atomic E-state index is 0.332. The van der Waals surface area contributed by atoms with Gasteiger partial charge in [0.2, 0.25) is 21.7 Å². The number of thiophene rings is 1. The Morgan fingerprint density at radius 2 is 1.97 bits per heavy atom. The highest BCUT2D eigenvalue weighted by Gasteiger charge is 2.28. The number of halogens is 1. The molecule has 10 heteroatoms. The van der Waals surface area contributed by atoms with Gasteiger partial charge >= 0.3 is 0 Å². The molecular formula is C19H21BrN4O3S2. The van der Waals surface area contributed by atoms with Crippen molar-refractivity contribution in [3.05, 3.63) is 52.1 Å². The van der Waals surface area contributed by atoms with E-state index in [0.29, 0.717) is 29.7 Å². The third-order valence-corrected chi connectivity index (χ3v) is 8.09. The molecule has 1 aromatic carbocycles. The summed E-state index contributed by atoms with van der Waals surface area (Å²) in [5, 5.41) is 6.02. The highest BCUT2D eigenvalue weighted by molar-refractivity contribution is 9.10. The zero-order chi connectivity index (χ0) is 20.3. The SMILES string of the molecule is O=S(=O)(c1cccc(Br)c1)N1CCN(CCCc2nc(-c3cccs3)no2)CC1. The number of piperazine rings is 1. The van der Waals surface area contributed by atoms with Crippen LogP contribution in [0.1, 0.15) is 12.3 Å². The fraction of sp³-hybridized carbons (Fsp3) is 0.368. The number of aromatic nitrogens is 2. The largest absolute Gasteiger partial charge is 0.339 e. The molecule has 0 atom stereocenters. The maximum absolute atomic E-state index is 12.8. The first-order chi connectivity index (χ1) is 14.0. The molecule has 3 aromatic rings. The lowest BCUT2D eigenvalue weighted by Crippen LogP contribution is -2.48. The van der Waals surface area contributed by atoms with Crippen LogP contribution in [0, 0.1) is 0 Å². The third kappa shape index (κ3) is 4.95. The van der Waals surface area contributed by atoms with Crippen LogP contribution in [0.3, 0.4) is 0 Å². The molecule has 0 N–H and O–H groups in total. The van der Waals surface area contributed by atoms with Gasteiger partial charge in [-0.25, -0.2) is 8.42 Å². The molecule has 0 amide bonds. The number of nitrogens with zero attached hydrogens (tertiary/aromatic N) is 4. The second-order valence-corrected chi connectivity index (χ2v) is 10.6. The molecule has 154 valence electrons. The van der Waals surface area contributed by atoms with Crippen molar-refractivity contribution in [2.75, 3.05) is 32.7 Å². The Kier molecular flexibility index (Phi) is 6.45. The molecule has 1 aliphatic rings. The monoisotopic (exact) mass is 496 g/mol. The summed E-state index contributed by atoms with van der Waals surface area (Å²) in [6, 6.07) is 10.8. The second-order valence-electron chi connectivity index (χ2n) is 6.80. The predicted molar refractivity (Wildman–Crippen MR) is 115 cm³/mol. The first kappa shape index (κ1) is 20.7. The van der Waals surface area contributed by atoms with E-state index in [1.807, 2.05) is 23.6 Å². The summed E-state index contributed by atoms with van der Waals surface area (Å²) in [5.74, 6) is 1.28. The average Bonchev–Trinajstić information content (AvgIpc) is 3.40. The summed E-state index contributed by atoms with van der Waals surface area (Å²) in [7, 11) is -3.45. The Bertz CT molecular complexity index is 1050. The number of aryl methyl sites for hydroxylation is 1. The lowest BCUT2D eigenvalue weighted by atomic mass is 10.2. The molecule has 0 spiro atoms. The van der Waals surface area contributed by atoms with Crippen LogP contribution in [0.5, 0.6) is 0 Å². The van der Waals surface area contributed by atoms with Gasteiger partial charge in [-0.15, -0.1) is 11.3 Å². The van der Waals surface area contributed by atoms with E-state index in [1.165, 1.54) is 0 Å². The molecule has 0 bridgehead atoms. The summed E-state index contributed by atoms with van der Waals surface area (Å²) in [5.41, 5.74) is 0. The summed E-state index contributed by atoms with van der Waals surface area (Å²) in [6.45, 7) is 3.31. The smallest absolute Gasteiger partial charge is 0.243 e. The number of hydrogen-bond donors (Lipinski definition) is 0. The minimum atomic E-state index is -3.45. The molecule has 29 heavy (non-hydrogen) atoms. The summed E-state index contributed by atoms with van der Waals surface area (Å²) in [6.07, 6.45) is 1.61. The van der Waals surface area contributed by atoms with E-state index < -0.39 is 10.0 Å². The summed E-state index contributed by atoms with van der Waals surface area (Å²) >= 11 is 4.93. The molecular weight excluding hydrogens is 476 g/mol.